The maximum atomic E-state index is 14.0. The fourth-order valence-electron chi connectivity index (χ4n) is 8.07. The lowest BCUT2D eigenvalue weighted by Gasteiger charge is -2.48. The van der Waals surface area contributed by atoms with Crippen molar-refractivity contribution in [3.05, 3.63) is 84.7 Å². The molecule has 0 amide bonds. The van der Waals surface area contributed by atoms with Crippen LogP contribution in [0.3, 0.4) is 0 Å². The number of aliphatic hydroxyl groups is 4. The second kappa shape index (κ2) is 13.7. The molecule has 0 bridgehead atoms. The van der Waals surface area contributed by atoms with E-state index >= 15 is 0 Å². The molecule has 2 saturated heterocycles. The van der Waals surface area contributed by atoms with E-state index in [-0.39, 0.29) is 53.9 Å². The van der Waals surface area contributed by atoms with Crippen LogP contribution in [0.15, 0.2) is 40.1 Å². The molecule has 1 unspecified atom stereocenters. The van der Waals surface area contributed by atoms with Gasteiger partial charge in [-0.3, -0.25) is 28.8 Å². The van der Waals surface area contributed by atoms with Crippen molar-refractivity contribution in [2.24, 2.45) is 0 Å². The Bertz CT molecular complexity index is 2080. The van der Waals surface area contributed by atoms with E-state index in [1.54, 1.807) is 6.92 Å². The van der Waals surface area contributed by atoms with E-state index in [0.717, 1.165) is 6.07 Å². The number of methoxy groups -OCH3 is 1. The van der Waals surface area contributed by atoms with Crippen LogP contribution in [0.5, 0.6) is 17.2 Å². The van der Waals surface area contributed by atoms with Crippen molar-refractivity contribution in [2.75, 3.05) is 26.8 Å². The van der Waals surface area contributed by atoms with Crippen LogP contribution in [0.25, 0.3) is 0 Å². The third-order valence-corrected chi connectivity index (χ3v) is 10.9. The predicted molar refractivity (Wildman–Crippen MR) is 181 cm³/mol. The van der Waals surface area contributed by atoms with Crippen molar-refractivity contribution in [3.8, 4) is 17.2 Å². The zero-order valence-electron chi connectivity index (χ0n) is 29.1. The first-order valence-electron chi connectivity index (χ1n) is 17.3. The van der Waals surface area contributed by atoms with E-state index in [1.165, 1.54) is 43.0 Å². The van der Waals surface area contributed by atoms with Gasteiger partial charge in [0.25, 0.3) is 5.56 Å². The maximum Gasteiger partial charge on any atom is 0.330 e. The number of ketones is 2. The second-order valence-electron chi connectivity index (χ2n) is 14.1. The van der Waals surface area contributed by atoms with Crippen LogP contribution in [0.4, 0.5) is 0 Å². The second-order valence-corrected chi connectivity index (χ2v) is 14.1. The highest BCUT2D eigenvalue weighted by atomic mass is 16.7. The standard InChI is InChI=1S/C36H41N3O14/c1-15-30(43)20(38-12-17(14-40)52-24(13-38)39-8-7-23(42)37-35(39)48)9-25(51-15)53-22-11-36(49,16(2)41)10-19-27(22)34(47)29-28(32(19)45)31(44)18-5-4-6-21(50-3)26(18)33(29)46/h4-8,15-17,20,22,24-25,30,40-41,43,45,47,49H,9-14H2,1-3H3,(H,37,42,48)/t15-,16?,17+,20-,22-,24-,25-,30+,36-/m0/s1. The summed E-state index contributed by atoms with van der Waals surface area (Å²) in [6, 6.07) is 4.85. The quantitative estimate of drug-likeness (QED) is 0.119. The van der Waals surface area contributed by atoms with Gasteiger partial charge >= 0.3 is 5.69 Å². The van der Waals surface area contributed by atoms with E-state index in [2.05, 4.69) is 4.98 Å². The summed E-state index contributed by atoms with van der Waals surface area (Å²) >= 11 is 0. The van der Waals surface area contributed by atoms with E-state index in [0.29, 0.717) is 0 Å². The van der Waals surface area contributed by atoms with E-state index < -0.39 is 113 Å². The summed E-state index contributed by atoms with van der Waals surface area (Å²) < 4.78 is 24.9. The lowest BCUT2D eigenvalue weighted by molar-refractivity contribution is -0.268. The van der Waals surface area contributed by atoms with Crippen molar-refractivity contribution in [3.63, 3.8) is 0 Å². The van der Waals surface area contributed by atoms with Crippen LogP contribution in [-0.4, -0.2) is 126 Å². The van der Waals surface area contributed by atoms with Gasteiger partial charge in [0.2, 0.25) is 5.78 Å². The molecule has 2 fully saturated rings. The lowest BCUT2D eigenvalue weighted by Crippen LogP contribution is -2.60. The van der Waals surface area contributed by atoms with Crippen molar-refractivity contribution >= 4 is 11.6 Å². The number of rotatable bonds is 7. The number of benzene rings is 2. The van der Waals surface area contributed by atoms with Crippen LogP contribution >= 0.6 is 0 Å². The van der Waals surface area contributed by atoms with Crippen LogP contribution in [-0.2, 0) is 20.6 Å². The van der Waals surface area contributed by atoms with Gasteiger partial charge in [-0.2, -0.15) is 0 Å². The van der Waals surface area contributed by atoms with Crippen LogP contribution in [0.2, 0.25) is 0 Å². The van der Waals surface area contributed by atoms with Gasteiger partial charge in [-0.05, 0) is 19.9 Å². The number of aliphatic hydroxyl groups excluding tert-OH is 3. The number of aromatic amines is 1. The number of H-pyrrole nitrogens is 1. The van der Waals surface area contributed by atoms with Crippen LogP contribution < -0.4 is 16.0 Å². The molecule has 2 aliphatic heterocycles. The molecule has 7 rings (SSSR count). The highest BCUT2D eigenvalue weighted by molar-refractivity contribution is 6.31. The minimum atomic E-state index is -1.92. The molecule has 1 aromatic heterocycles. The fourth-order valence-corrected chi connectivity index (χ4v) is 8.07. The van der Waals surface area contributed by atoms with Gasteiger partial charge in [0.15, 0.2) is 18.3 Å². The summed E-state index contributed by atoms with van der Waals surface area (Å²) in [7, 11) is 1.33. The van der Waals surface area contributed by atoms with E-state index in [4.69, 9.17) is 18.9 Å². The number of hydrogen-bond acceptors (Lipinski definition) is 15. The smallest absolute Gasteiger partial charge is 0.330 e. The van der Waals surface area contributed by atoms with Crippen LogP contribution in [0.1, 0.15) is 82.0 Å². The van der Waals surface area contributed by atoms with Crippen molar-refractivity contribution in [1.29, 1.82) is 0 Å². The molecule has 7 N–H and O–H groups in total. The number of aromatic hydroxyl groups is 2. The Hall–Kier alpha value is -4.46. The number of fused-ring (bicyclic) bond motifs is 3. The molecule has 0 saturated carbocycles. The molecule has 284 valence electrons. The van der Waals surface area contributed by atoms with Gasteiger partial charge in [-0.15, -0.1) is 0 Å². The average Bonchev–Trinajstić information content (AvgIpc) is 3.12. The highest BCUT2D eigenvalue weighted by Crippen LogP contribution is 2.53. The minimum absolute atomic E-state index is 0.0183. The molecule has 53 heavy (non-hydrogen) atoms. The summed E-state index contributed by atoms with van der Waals surface area (Å²) in [6.07, 6.45) is -6.98. The number of carbonyl (C=O) groups is 2. The predicted octanol–water partition coefficient (Wildman–Crippen LogP) is -0.396. The highest BCUT2D eigenvalue weighted by Gasteiger charge is 2.50. The first kappa shape index (κ1) is 36.9. The number of aromatic nitrogens is 2. The third-order valence-electron chi connectivity index (χ3n) is 10.9. The summed E-state index contributed by atoms with van der Waals surface area (Å²) in [4.78, 5) is 56.1. The Kier molecular flexibility index (Phi) is 9.57. The summed E-state index contributed by atoms with van der Waals surface area (Å²) in [5.74, 6) is -2.72. The Labute approximate surface area is 301 Å². The molecule has 2 aliphatic carbocycles. The molecule has 17 heteroatoms. The van der Waals surface area contributed by atoms with Gasteiger partial charge < -0.3 is 49.6 Å². The average molecular weight is 740 g/mol. The number of phenolic OH excluding ortho intramolecular Hbond substituents is 2. The summed E-state index contributed by atoms with van der Waals surface area (Å²) in [6.45, 7) is 2.74. The number of hydrogen-bond donors (Lipinski definition) is 7. The first-order valence-corrected chi connectivity index (χ1v) is 17.3. The topological polar surface area (TPSA) is 251 Å². The first-order chi connectivity index (χ1) is 25.2. The largest absolute Gasteiger partial charge is 0.507 e. The molecule has 4 aliphatic rings. The van der Waals surface area contributed by atoms with Crippen molar-refractivity contribution in [1.82, 2.24) is 14.5 Å². The number of ether oxygens (including phenoxy) is 4. The van der Waals surface area contributed by atoms with E-state index in [1.807, 2.05) is 4.90 Å². The molecular formula is C36H41N3O14. The van der Waals surface area contributed by atoms with Crippen molar-refractivity contribution < 1.29 is 59.2 Å². The monoisotopic (exact) mass is 739 g/mol. The van der Waals surface area contributed by atoms with Gasteiger partial charge in [-0.25, -0.2) is 4.79 Å². The molecular weight excluding hydrogens is 698 g/mol. The summed E-state index contributed by atoms with van der Waals surface area (Å²) in [5, 5.41) is 67.3. The maximum absolute atomic E-state index is 14.0. The Morgan fingerprint density at radius 1 is 1.04 bits per heavy atom. The van der Waals surface area contributed by atoms with Gasteiger partial charge in [-0.1, -0.05) is 12.1 Å². The Morgan fingerprint density at radius 2 is 1.77 bits per heavy atom. The number of nitrogens with zero attached hydrogens (tertiary/aromatic N) is 2. The Morgan fingerprint density at radius 3 is 2.45 bits per heavy atom. The van der Waals surface area contributed by atoms with Gasteiger partial charge in [0, 0.05) is 67.3 Å². The Balaban J connectivity index is 1.25. The van der Waals surface area contributed by atoms with Crippen molar-refractivity contribution in [2.45, 2.75) is 87.8 Å². The molecule has 0 radical (unpaired) electrons. The molecule has 2 aromatic carbocycles. The minimum Gasteiger partial charge on any atom is -0.507 e. The molecule has 3 aromatic rings. The number of carbonyl (C=O) groups excluding carboxylic acids is 2. The molecule has 17 nitrogen and oxygen atoms in total. The zero-order chi connectivity index (χ0) is 38.1. The third kappa shape index (κ3) is 6.16. The van der Waals surface area contributed by atoms with E-state index in [9.17, 15) is 49.8 Å². The zero-order valence-corrected chi connectivity index (χ0v) is 29.1. The fraction of sp³-hybridized carbons (Fsp3) is 0.500. The molecule has 3 heterocycles. The van der Waals surface area contributed by atoms with Gasteiger partial charge in [0.05, 0.1) is 66.5 Å². The summed E-state index contributed by atoms with van der Waals surface area (Å²) in [5.41, 5.74) is -4.46. The lowest BCUT2D eigenvalue weighted by atomic mass is 9.71. The SMILES string of the molecule is COc1cccc2c1C(=O)c1c(O)c3c(c(O)c1C2=O)C[C@@](O)(C(C)O)C[C@@H]3O[C@H]1C[C@H](N2C[C@H](CO)O[C@H](n3ccc(=O)[nH]c3=O)C2)[C@H](O)[C@H](C)O1. The number of phenols is 2. The van der Waals surface area contributed by atoms with Crippen LogP contribution in [0, 0.1) is 0 Å². The normalized spacial score (nSPS) is 30.7. The molecule has 9 atom stereocenters. The molecule has 0 spiro atoms. The number of morpholine rings is 1. The number of nitrogens with one attached hydrogen (secondary N) is 1. The van der Waals surface area contributed by atoms with Gasteiger partial charge in [0.1, 0.15) is 17.2 Å².